The van der Waals surface area contributed by atoms with E-state index >= 15 is 0 Å². The lowest BCUT2D eigenvalue weighted by Crippen LogP contribution is -2.48. The Morgan fingerprint density at radius 1 is 1.10 bits per heavy atom. The lowest BCUT2D eigenvalue weighted by molar-refractivity contribution is 0.152. The fourth-order valence-corrected chi connectivity index (χ4v) is 6.11. The van der Waals surface area contributed by atoms with E-state index in [0.29, 0.717) is 29.2 Å². The molecule has 7 heteroatoms. The topological polar surface area (TPSA) is 74.4 Å². The van der Waals surface area contributed by atoms with Crippen LogP contribution in [0.15, 0.2) is 35.3 Å². The van der Waals surface area contributed by atoms with Crippen LogP contribution in [0.25, 0.3) is 0 Å². The average Bonchev–Trinajstić information content (AvgIpc) is 3.38. The van der Waals surface area contributed by atoms with Gasteiger partial charge in [-0.25, -0.2) is 4.98 Å². The number of hydrogen-bond donors (Lipinski definition) is 0. The van der Waals surface area contributed by atoms with Crippen molar-refractivity contribution in [1.29, 1.82) is 5.26 Å². The fourth-order valence-electron chi connectivity index (χ4n) is 6.11. The molecule has 160 valence electrons. The van der Waals surface area contributed by atoms with E-state index in [0.717, 1.165) is 76.0 Å². The monoisotopic (exact) mass is 417 g/mol. The van der Waals surface area contributed by atoms with E-state index in [2.05, 4.69) is 33.0 Å². The minimum atomic E-state index is 0.193. The Morgan fingerprint density at radius 3 is 2.74 bits per heavy atom. The van der Waals surface area contributed by atoms with Gasteiger partial charge >= 0.3 is 0 Å². The van der Waals surface area contributed by atoms with Crippen molar-refractivity contribution >= 4 is 5.82 Å². The second kappa shape index (κ2) is 7.47. The first-order chi connectivity index (χ1) is 15.2. The molecule has 6 heterocycles. The van der Waals surface area contributed by atoms with Crippen LogP contribution in [0.3, 0.4) is 0 Å². The van der Waals surface area contributed by atoms with E-state index < -0.39 is 0 Å². The third-order valence-electron chi connectivity index (χ3n) is 7.59. The molecule has 0 radical (unpaired) electrons. The number of hydrogen-bond acceptors (Lipinski definition) is 6. The molecule has 0 spiro atoms. The number of fused-ring (bicyclic) bond motifs is 5. The summed E-state index contributed by atoms with van der Waals surface area (Å²) < 4.78 is 7.63. The Morgan fingerprint density at radius 2 is 1.94 bits per heavy atom. The number of nitriles is 1. The molecule has 0 N–H and O–H groups in total. The number of pyridine rings is 2. The van der Waals surface area contributed by atoms with Gasteiger partial charge in [0.15, 0.2) is 0 Å². The lowest BCUT2D eigenvalue weighted by atomic mass is 9.83. The van der Waals surface area contributed by atoms with Gasteiger partial charge in [0.1, 0.15) is 5.82 Å². The van der Waals surface area contributed by atoms with Crippen molar-refractivity contribution in [2.75, 3.05) is 44.3 Å². The second-order valence-corrected chi connectivity index (χ2v) is 9.67. The van der Waals surface area contributed by atoms with Crippen LogP contribution in [0.5, 0.6) is 0 Å². The molecule has 4 aliphatic heterocycles. The molecule has 0 unspecified atom stereocenters. The number of rotatable bonds is 3. The summed E-state index contributed by atoms with van der Waals surface area (Å²) in [4.78, 5) is 22.6. The van der Waals surface area contributed by atoms with Crippen LogP contribution >= 0.6 is 0 Å². The van der Waals surface area contributed by atoms with E-state index in [1.165, 1.54) is 0 Å². The van der Waals surface area contributed by atoms with Crippen LogP contribution in [0.2, 0.25) is 0 Å². The van der Waals surface area contributed by atoms with E-state index in [1.54, 1.807) is 12.3 Å². The van der Waals surface area contributed by atoms with E-state index in [9.17, 15) is 10.1 Å². The fraction of sp³-hybridized carbons (Fsp3) is 0.542. The quantitative estimate of drug-likeness (QED) is 0.759. The van der Waals surface area contributed by atoms with Crippen molar-refractivity contribution in [2.24, 2.45) is 17.8 Å². The summed E-state index contributed by atoms with van der Waals surface area (Å²) >= 11 is 0. The summed E-state index contributed by atoms with van der Waals surface area (Å²) in [6.45, 7) is 7.06. The van der Waals surface area contributed by atoms with Gasteiger partial charge in [0.25, 0.3) is 5.56 Å². The number of ether oxygens (including phenoxy) is 1. The Kier molecular flexibility index (Phi) is 4.58. The number of piperidine rings is 1. The second-order valence-electron chi connectivity index (χ2n) is 9.67. The van der Waals surface area contributed by atoms with E-state index in [1.807, 2.05) is 10.6 Å². The molecule has 7 nitrogen and oxygen atoms in total. The summed E-state index contributed by atoms with van der Waals surface area (Å²) in [7, 11) is 0. The van der Waals surface area contributed by atoms with Gasteiger partial charge in [-0.3, -0.25) is 9.69 Å². The van der Waals surface area contributed by atoms with Gasteiger partial charge in [-0.2, -0.15) is 5.26 Å². The van der Waals surface area contributed by atoms with Crippen LogP contribution in [0.1, 0.15) is 29.2 Å². The number of nitrogens with zero attached hydrogens (tertiary/aromatic N) is 5. The molecular weight excluding hydrogens is 390 g/mol. The first kappa shape index (κ1) is 19.0. The van der Waals surface area contributed by atoms with Gasteiger partial charge in [0, 0.05) is 74.5 Å². The van der Waals surface area contributed by atoms with Crippen molar-refractivity contribution in [3.63, 3.8) is 0 Å². The van der Waals surface area contributed by atoms with Crippen LogP contribution in [0, 0.1) is 29.1 Å². The number of aromatic nitrogens is 2. The Hall–Kier alpha value is -2.69. The predicted octanol–water partition coefficient (Wildman–Crippen LogP) is 1.82. The van der Waals surface area contributed by atoms with Crippen molar-refractivity contribution < 1.29 is 4.74 Å². The van der Waals surface area contributed by atoms with Gasteiger partial charge in [0.2, 0.25) is 0 Å². The van der Waals surface area contributed by atoms with Crippen LogP contribution in [-0.4, -0.2) is 53.8 Å². The Labute approximate surface area is 181 Å². The van der Waals surface area contributed by atoms with Gasteiger partial charge in [-0.15, -0.1) is 0 Å². The molecule has 3 saturated heterocycles. The van der Waals surface area contributed by atoms with Crippen LogP contribution in [-0.2, 0) is 17.8 Å². The minimum Gasteiger partial charge on any atom is -0.381 e. The molecular formula is C24H27N5O2. The molecule has 4 aliphatic rings. The standard InChI is InChI=1S/C24H27N5O2/c25-7-16-3-4-26-23(6-16)28-8-17-5-19(13-28)22-2-1-18(24(30)29(22)9-17)10-27-11-20-14-31-15-21(20)12-27/h1-4,6,17,19-21H,5,8-15H2/t17-,19+,20-,21+/m0/s1. The normalized spacial score (nSPS) is 29.5. The molecule has 6 rings (SSSR count). The highest BCUT2D eigenvalue weighted by molar-refractivity contribution is 5.46. The molecule has 4 atom stereocenters. The van der Waals surface area contributed by atoms with Crippen LogP contribution < -0.4 is 10.5 Å². The SMILES string of the molecule is N#Cc1ccnc(N2C[C@@H]3C[C@H](C2)c2ccc(CN4C[C@H]5COC[C@H]5C4)c(=O)n2C3)c1. The summed E-state index contributed by atoms with van der Waals surface area (Å²) in [5.41, 5.74) is 2.90. The van der Waals surface area contributed by atoms with Crippen molar-refractivity contribution in [1.82, 2.24) is 14.5 Å². The zero-order valence-electron chi connectivity index (χ0n) is 17.6. The molecule has 0 saturated carbocycles. The Balaban J connectivity index is 1.23. The smallest absolute Gasteiger partial charge is 0.255 e. The van der Waals surface area contributed by atoms with Gasteiger partial charge in [-0.1, -0.05) is 6.07 Å². The molecule has 2 bridgehead atoms. The molecule has 3 fully saturated rings. The third-order valence-corrected chi connectivity index (χ3v) is 7.59. The van der Waals surface area contributed by atoms with Gasteiger partial charge < -0.3 is 14.2 Å². The molecule has 31 heavy (non-hydrogen) atoms. The number of anilines is 1. The predicted molar refractivity (Wildman–Crippen MR) is 116 cm³/mol. The third kappa shape index (κ3) is 3.35. The van der Waals surface area contributed by atoms with Crippen molar-refractivity contribution in [2.45, 2.75) is 25.4 Å². The summed E-state index contributed by atoms with van der Waals surface area (Å²) in [6.07, 6.45) is 2.82. The summed E-state index contributed by atoms with van der Waals surface area (Å²) in [5.74, 6) is 2.89. The zero-order chi connectivity index (χ0) is 20.9. The van der Waals surface area contributed by atoms with E-state index in [4.69, 9.17) is 4.74 Å². The first-order valence-corrected chi connectivity index (χ1v) is 11.3. The maximum atomic E-state index is 13.4. The maximum absolute atomic E-state index is 13.4. The number of likely N-dealkylation sites (tertiary alicyclic amines) is 1. The maximum Gasteiger partial charge on any atom is 0.255 e. The minimum absolute atomic E-state index is 0.193. The van der Waals surface area contributed by atoms with Crippen LogP contribution in [0.4, 0.5) is 5.82 Å². The molecule has 2 aromatic rings. The molecule has 0 amide bonds. The highest BCUT2D eigenvalue weighted by Gasteiger charge is 2.38. The van der Waals surface area contributed by atoms with Crippen molar-refractivity contribution in [3.05, 3.63) is 57.6 Å². The molecule has 0 aromatic carbocycles. The first-order valence-electron chi connectivity index (χ1n) is 11.3. The van der Waals surface area contributed by atoms with Gasteiger partial charge in [-0.05, 0) is 30.5 Å². The van der Waals surface area contributed by atoms with Gasteiger partial charge in [0.05, 0.1) is 24.8 Å². The molecule has 2 aromatic heterocycles. The average molecular weight is 418 g/mol. The van der Waals surface area contributed by atoms with Crippen molar-refractivity contribution in [3.8, 4) is 6.07 Å². The summed E-state index contributed by atoms with van der Waals surface area (Å²) in [5, 5.41) is 9.21. The highest BCUT2D eigenvalue weighted by Crippen LogP contribution is 2.37. The summed E-state index contributed by atoms with van der Waals surface area (Å²) in [6, 6.07) is 10.1. The largest absolute Gasteiger partial charge is 0.381 e. The zero-order valence-corrected chi connectivity index (χ0v) is 17.6. The molecule has 0 aliphatic carbocycles. The van der Waals surface area contributed by atoms with E-state index in [-0.39, 0.29) is 5.56 Å². The highest BCUT2D eigenvalue weighted by atomic mass is 16.5. The lowest BCUT2D eigenvalue weighted by Gasteiger charge is -2.43. The Bertz CT molecular complexity index is 1090.